The van der Waals surface area contributed by atoms with E-state index in [1.807, 2.05) is 0 Å². The van der Waals surface area contributed by atoms with Gasteiger partial charge >= 0.3 is 0 Å². The van der Waals surface area contributed by atoms with Crippen molar-refractivity contribution in [1.82, 2.24) is 10.2 Å². The predicted octanol–water partition coefficient (Wildman–Crippen LogP) is 1.22. The molecule has 2 saturated carbocycles. The van der Waals surface area contributed by atoms with Crippen molar-refractivity contribution in [3.63, 3.8) is 0 Å². The summed E-state index contributed by atoms with van der Waals surface area (Å²) in [7, 11) is 2.27. The van der Waals surface area contributed by atoms with Gasteiger partial charge in [-0.05, 0) is 51.1 Å². The molecule has 1 N–H and O–H groups in total. The summed E-state index contributed by atoms with van der Waals surface area (Å²) < 4.78 is 0. The van der Waals surface area contributed by atoms with Crippen LogP contribution in [0.3, 0.4) is 0 Å². The average molecular weight is 180 g/mol. The summed E-state index contributed by atoms with van der Waals surface area (Å²) in [6, 6.07) is 1.75. The standard InChI is InChI=1S/C11H20N2/c1-13-7-4-10(12-9-2-3-9)11(8-13)5-6-11/h9-10,12H,2-8H2,1H3. The summed E-state index contributed by atoms with van der Waals surface area (Å²) in [5, 5.41) is 3.84. The Morgan fingerprint density at radius 3 is 2.62 bits per heavy atom. The molecule has 3 aliphatic rings. The van der Waals surface area contributed by atoms with Crippen LogP contribution in [0, 0.1) is 5.41 Å². The molecule has 13 heavy (non-hydrogen) atoms. The molecule has 1 atom stereocenters. The number of piperidine rings is 1. The van der Waals surface area contributed by atoms with Crippen molar-refractivity contribution in [2.45, 2.75) is 44.2 Å². The van der Waals surface area contributed by atoms with E-state index in [2.05, 4.69) is 17.3 Å². The van der Waals surface area contributed by atoms with Gasteiger partial charge in [-0.15, -0.1) is 0 Å². The number of hydrogen-bond acceptors (Lipinski definition) is 2. The topological polar surface area (TPSA) is 15.3 Å². The molecule has 0 aromatic carbocycles. The third-order valence-corrected chi connectivity index (χ3v) is 4.03. The zero-order valence-corrected chi connectivity index (χ0v) is 8.55. The van der Waals surface area contributed by atoms with E-state index in [0.717, 1.165) is 12.1 Å². The first-order valence-electron chi connectivity index (χ1n) is 5.73. The number of hydrogen-bond donors (Lipinski definition) is 1. The summed E-state index contributed by atoms with van der Waals surface area (Å²) in [6.45, 7) is 2.64. The van der Waals surface area contributed by atoms with E-state index < -0.39 is 0 Å². The van der Waals surface area contributed by atoms with Gasteiger partial charge in [-0.1, -0.05) is 0 Å². The van der Waals surface area contributed by atoms with Crippen LogP contribution in [0.5, 0.6) is 0 Å². The second-order valence-electron chi connectivity index (χ2n) is 5.38. The zero-order chi connectivity index (χ0) is 8.89. The monoisotopic (exact) mass is 180 g/mol. The van der Waals surface area contributed by atoms with Crippen molar-refractivity contribution in [2.24, 2.45) is 5.41 Å². The Hall–Kier alpha value is -0.0800. The summed E-state index contributed by atoms with van der Waals surface area (Å²) in [5.41, 5.74) is 0.704. The summed E-state index contributed by atoms with van der Waals surface area (Å²) in [6.07, 6.45) is 7.20. The molecular weight excluding hydrogens is 160 g/mol. The second kappa shape index (κ2) is 2.71. The van der Waals surface area contributed by atoms with Crippen LogP contribution in [0.15, 0.2) is 0 Å². The van der Waals surface area contributed by atoms with Crippen molar-refractivity contribution in [2.75, 3.05) is 20.1 Å². The highest BCUT2D eigenvalue weighted by Crippen LogP contribution is 2.52. The highest BCUT2D eigenvalue weighted by molar-refractivity contribution is 5.07. The molecule has 1 saturated heterocycles. The molecule has 1 unspecified atom stereocenters. The predicted molar refractivity (Wildman–Crippen MR) is 53.7 cm³/mol. The molecule has 2 heteroatoms. The lowest BCUT2D eigenvalue weighted by atomic mass is 9.89. The maximum Gasteiger partial charge on any atom is 0.0150 e. The molecule has 0 aromatic rings. The minimum absolute atomic E-state index is 0.704. The van der Waals surface area contributed by atoms with Crippen LogP contribution in [0.25, 0.3) is 0 Å². The molecule has 3 fully saturated rings. The number of nitrogens with zero attached hydrogens (tertiary/aromatic N) is 1. The van der Waals surface area contributed by atoms with Gasteiger partial charge in [0.25, 0.3) is 0 Å². The second-order valence-corrected chi connectivity index (χ2v) is 5.38. The van der Waals surface area contributed by atoms with Crippen LogP contribution in [-0.4, -0.2) is 37.1 Å². The third-order valence-electron chi connectivity index (χ3n) is 4.03. The van der Waals surface area contributed by atoms with Crippen LogP contribution < -0.4 is 5.32 Å². The summed E-state index contributed by atoms with van der Waals surface area (Å²) in [5.74, 6) is 0. The van der Waals surface area contributed by atoms with Crippen LogP contribution in [0.4, 0.5) is 0 Å². The van der Waals surface area contributed by atoms with Crippen molar-refractivity contribution in [1.29, 1.82) is 0 Å². The molecule has 0 bridgehead atoms. The highest BCUT2D eigenvalue weighted by Gasteiger charge is 2.52. The van der Waals surface area contributed by atoms with Crippen molar-refractivity contribution >= 4 is 0 Å². The van der Waals surface area contributed by atoms with Gasteiger partial charge in [-0.3, -0.25) is 0 Å². The van der Waals surface area contributed by atoms with Gasteiger partial charge in [0.2, 0.25) is 0 Å². The smallest absolute Gasteiger partial charge is 0.0150 e. The number of likely N-dealkylation sites (tertiary alicyclic amines) is 1. The molecule has 74 valence electrons. The van der Waals surface area contributed by atoms with Gasteiger partial charge in [-0.25, -0.2) is 0 Å². The number of nitrogens with one attached hydrogen (secondary N) is 1. The Bertz CT molecular complexity index is 206. The van der Waals surface area contributed by atoms with E-state index in [4.69, 9.17) is 0 Å². The molecule has 1 heterocycles. The first kappa shape index (κ1) is 8.25. The molecule has 0 amide bonds. The first-order valence-corrected chi connectivity index (χ1v) is 5.73. The molecule has 2 nitrogen and oxygen atoms in total. The van der Waals surface area contributed by atoms with Crippen molar-refractivity contribution in [3.05, 3.63) is 0 Å². The van der Waals surface area contributed by atoms with E-state index in [-0.39, 0.29) is 0 Å². The molecule has 0 radical (unpaired) electrons. The van der Waals surface area contributed by atoms with E-state index in [1.165, 1.54) is 45.2 Å². The Labute approximate surface area is 80.7 Å². The van der Waals surface area contributed by atoms with E-state index >= 15 is 0 Å². The van der Waals surface area contributed by atoms with E-state index in [1.54, 1.807) is 0 Å². The maximum atomic E-state index is 3.84. The van der Waals surface area contributed by atoms with Crippen LogP contribution in [-0.2, 0) is 0 Å². The van der Waals surface area contributed by atoms with Crippen LogP contribution >= 0.6 is 0 Å². The highest BCUT2D eigenvalue weighted by atomic mass is 15.2. The summed E-state index contributed by atoms with van der Waals surface area (Å²) in [4.78, 5) is 2.51. The zero-order valence-electron chi connectivity index (χ0n) is 8.55. The lowest BCUT2D eigenvalue weighted by molar-refractivity contribution is 0.146. The van der Waals surface area contributed by atoms with Gasteiger partial charge in [0.15, 0.2) is 0 Å². The van der Waals surface area contributed by atoms with Crippen LogP contribution in [0.1, 0.15) is 32.1 Å². The first-order chi connectivity index (χ1) is 6.28. The van der Waals surface area contributed by atoms with Crippen LogP contribution in [0.2, 0.25) is 0 Å². The van der Waals surface area contributed by atoms with Gasteiger partial charge in [0.1, 0.15) is 0 Å². The summed E-state index contributed by atoms with van der Waals surface area (Å²) >= 11 is 0. The van der Waals surface area contributed by atoms with Crippen molar-refractivity contribution < 1.29 is 0 Å². The minimum atomic E-state index is 0.704. The Kier molecular flexibility index (Phi) is 1.72. The average Bonchev–Trinajstić information content (AvgIpc) is 2.93. The molecule has 0 aromatic heterocycles. The Morgan fingerprint density at radius 2 is 2.00 bits per heavy atom. The minimum Gasteiger partial charge on any atom is -0.311 e. The van der Waals surface area contributed by atoms with Gasteiger partial charge < -0.3 is 10.2 Å². The fraction of sp³-hybridized carbons (Fsp3) is 1.00. The lowest BCUT2D eigenvalue weighted by Crippen LogP contribution is -2.50. The molecule has 1 spiro atoms. The van der Waals surface area contributed by atoms with Crippen molar-refractivity contribution in [3.8, 4) is 0 Å². The maximum absolute atomic E-state index is 3.84. The fourth-order valence-corrected chi connectivity index (χ4v) is 2.84. The molecule has 1 aliphatic heterocycles. The lowest BCUT2D eigenvalue weighted by Gasteiger charge is -2.38. The van der Waals surface area contributed by atoms with Gasteiger partial charge in [0.05, 0.1) is 0 Å². The van der Waals surface area contributed by atoms with Gasteiger partial charge in [-0.2, -0.15) is 0 Å². The SMILES string of the molecule is CN1CCC(NC2CC2)C2(CC2)C1. The Balaban J connectivity index is 1.65. The quantitative estimate of drug-likeness (QED) is 0.687. The van der Waals surface area contributed by atoms with Gasteiger partial charge in [0, 0.05) is 18.6 Å². The molecular formula is C11H20N2. The third kappa shape index (κ3) is 1.50. The normalized spacial score (nSPS) is 38.1. The largest absolute Gasteiger partial charge is 0.311 e. The fourth-order valence-electron chi connectivity index (χ4n) is 2.84. The molecule has 3 rings (SSSR count). The van der Waals surface area contributed by atoms with E-state index in [0.29, 0.717) is 5.41 Å². The molecule has 2 aliphatic carbocycles. The Morgan fingerprint density at radius 1 is 1.23 bits per heavy atom. The van der Waals surface area contributed by atoms with E-state index in [9.17, 15) is 0 Å². The number of rotatable bonds is 2.